The van der Waals surface area contributed by atoms with Gasteiger partial charge in [-0.15, -0.1) is 0 Å². The van der Waals surface area contributed by atoms with E-state index in [9.17, 15) is 4.79 Å². The first-order chi connectivity index (χ1) is 6.74. The first-order valence-corrected chi connectivity index (χ1v) is 4.12. The summed E-state index contributed by atoms with van der Waals surface area (Å²) in [6.07, 6.45) is 11.7. The molecule has 0 radical (unpaired) electrons. The van der Waals surface area contributed by atoms with Crippen LogP contribution >= 0.6 is 0 Å². The van der Waals surface area contributed by atoms with Crippen molar-refractivity contribution < 1.29 is 9.53 Å². The lowest BCUT2D eigenvalue weighted by molar-refractivity contribution is -0.134. The summed E-state index contributed by atoms with van der Waals surface area (Å²) in [5, 5.41) is 0. The van der Waals surface area contributed by atoms with Gasteiger partial charge >= 0.3 is 5.97 Å². The van der Waals surface area contributed by atoms with E-state index in [1.54, 1.807) is 24.3 Å². The summed E-state index contributed by atoms with van der Waals surface area (Å²) in [5.74, 6) is -0.373. The summed E-state index contributed by atoms with van der Waals surface area (Å²) >= 11 is 0. The van der Waals surface area contributed by atoms with Gasteiger partial charge in [-0.3, -0.25) is 0 Å². The monoisotopic (exact) mass is 190 g/mol. The van der Waals surface area contributed by atoms with Gasteiger partial charge in [-0.2, -0.15) is 0 Å². The number of methoxy groups -OCH3 is 1. The maximum Gasteiger partial charge on any atom is 0.330 e. The molecule has 0 bridgehead atoms. The van der Waals surface area contributed by atoms with Gasteiger partial charge in [-0.05, 0) is 5.57 Å². The van der Waals surface area contributed by atoms with E-state index in [2.05, 4.69) is 17.9 Å². The Morgan fingerprint density at radius 1 is 1.21 bits per heavy atom. The summed E-state index contributed by atoms with van der Waals surface area (Å²) in [6.45, 7) is 7.19. The van der Waals surface area contributed by atoms with Gasteiger partial charge in [-0.25, -0.2) is 4.79 Å². The Bertz CT molecular complexity index is 293. The zero-order valence-electron chi connectivity index (χ0n) is 8.27. The van der Waals surface area contributed by atoms with Crippen molar-refractivity contribution in [2.45, 2.75) is 0 Å². The van der Waals surface area contributed by atoms with Gasteiger partial charge in [0.15, 0.2) is 0 Å². The molecule has 0 amide bonds. The fraction of sp³-hybridized carbons (Fsp3) is 0.0833. The summed E-state index contributed by atoms with van der Waals surface area (Å²) < 4.78 is 4.42. The zero-order valence-corrected chi connectivity index (χ0v) is 8.27. The highest BCUT2D eigenvalue weighted by molar-refractivity contribution is 5.82. The van der Waals surface area contributed by atoms with Crippen LogP contribution in [0.2, 0.25) is 0 Å². The first kappa shape index (κ1) is 12.2. The molecule has 0 aliphatic rings. The molecule has 0 fully saturated rings. The van der Waals surface area contributed by atoms with Crippen LogP contribution in [0.4, 0.5) is 0 Å². The van der Waals surface area contributed by atoms with E-state index in [1.807, 2.05) is 12.2 Å². The molecule has 74 valence electrons. The normalized spacial score (nSPS) is 11.9. The fourth-order valence-corrected chi connectivity index (χ4v) is 0.697. The van der Waals surface area contributed by atoms with Gasteiger partial charge in [0, 0.05) is 6.08 Å². The molecule has 14 heavy (non-hydrogen) atoms. The number of hydrogen-bond donors (Lipinski definition) is 0. The number of allylic oxidation sites excluding steroid dienone is 7. The van der Waals surface area contributed by atoms with E-state index in [4.69, 9.17) is 0 Å². The Hall–Kier alpha value is -1.83. The van der Waals surface area contributed by atoms with Gasteiger partial charge in [0.25, 0.3) is 0 Å². The van der Waals surface area contributed by atoms with Crippen LogP contribution in [0.1, 0.15) is 0 Å². The first-order valence-electron chi connectivity index (χ1n) is 4.12. The molecular formula is C12H14O2. The Morgan fingerprint density at radius 3 is 2.36 bits per heavy atom. The number of carbonyl (C=O) groups is 1. The molecule has 2 nitrogen and oxygen atoms in total. The molecule has 0 aliphatic carbocycles. The molecule has 0 spiro atoms. The maximum atomic E-state index is 10.7. The minimum absolute atomic E-state index is 0.373. The number of rotatable bonds is 5. The van der Waals surface area contributed by atoms with Crippen LogP contribution in [0.25, 0.3) is 0 Å². The van der Waals surface area contributed by atoms with E-state index in [0.29, 0.717) is 0 Å². The summed E-state index contributed by atoms with van der Waals surface area (Å²) in [7, 11) is 1.34. The highest BCUT2D eigenvalue weighted by atomic mass is 16.5. The second kappa shape index (κ2) is 7.80. The van der Waals surface area contributed by atoms with Crippen molar-refractivity contribution in [1.29, 1.82) is 0 Å². The van der Waals surface area contributed by atoms with Gasteiger partial charge in [0.05, 0.1) is 7.11 Å². The molecule has 0 aromatic rings. The minimum Gasteiger partial charge on any atom is -0.466 e. The van der Waals surface area contributed by atoms with Crippen LogP contribution in [0, 0.1) is 0 Å². The molecule has 0 aliphatic heterocycles. The molecule has 2 heteroatoms. The average molecular weight is 190 g/mol. The van der Waals surface area contributed by atoms with Gasteiger partial charge in [0.1, 0.15) is 0 Å². The predicted octanol–water partition coefficient (Wildman–Crippen LogP) is 2.57. The molecule has 0 unspecified atom stereocenters. The molecule has 0 N–H and O–H groups in total. The summed E-state index contributed by atoms with van der Waals surface area (Å²) in [6, 6.07) is 0. The largest absolute Gasteiger partial charge is 0.466 e. The standard InChI is InChI=1S/C12H14O2/c1-4-8-11(5-2)9-6-7-10-12(13)14-3/h4-10H,1-2H2,3H3/b9-6+,10-7+,11-8+. The number of hydrogen-bond acceptors (Lipinski definition) is 2. The van der Waals surface area contributed by atoms with E-state index in [-0.39, 0.29) is 5.97 Å². The highest BCUT2D eigenvalue weighted by Crippen LogP contribution is 1.98. The summed E-state index contributed by atoms with van der Waals surface area (Å²) in [5.41, 5.74) is 0.925. The van der Waals surface area contributed by atoms with E-state index < -0.39 is 0 Å². The van der Waals surface area contributed by atoms with Crippen LogP contribution in [0.15, 0.2) is 61.3 Å². The van der Waals surface area contributed by atoms with Crippen molar-refractivity contribution in [1.82, 2.24) is 0 Å². The topological polar surface area (TPSA) is 26.3 Å². The highest BCUT2D eigenvalue weighted by Gasteiger charge is 1.86. The molecule has 0 heterocycles. The lowest BCUT2D eigenvalue weighted by Gasteiger charge is -1.88. The molecule has 0 rings (SSSR count). The smallest absolute Gasteiger partial charge is 0.330 e. The second-order valence-electron chi connectivity index (χ2n) is 2.35. The van der Waals surface area contributed by atoms with Crippen molar-refractivity contribution in [2.75, 3.05) is 7.11 Å². The van der Waals surface area contributed by atoms with Crippen LogP contribution in [0.3, 0.4) is 0 Å². The van der Waals surface area contributed by atoms with E-state index >= 15 is 0 Å². The van der Waals surface area contributed by atoms with Gasteiger partial charge in [0.2, 0.25) is 0 Å². The predicted molar refractivity (Wildman–Crippen MR) is 58.8 cm³/mol. The molecule has 0 saturated heterocycles. The Morgan fingerprint density at radius 2 is 1.86 bits per heavy atom. The van der Waals surface area contributed by atoms with Gasteiger partial charge < -0.3 is 4.74 Å². The third kappa shape index (κ3) is 5.77. The van der Waals surface area contributed by atoms with Crippen molar-refractivity contribution in [2.24, 2.45) is 0 Å². The number of esters is 1. The molecule has 0 aromatic heterocycles. The lowest BCUT2D eigenvalue weighted by atomic mass is 10.2. The molecule has 0 atom stereocenters. The van der Waals surface area contributed by atoms with Crippen LogP contribution in [-0.2, 0) is 9.53 Å². The Kier molecular flexibility index (Phi) is 6.78. The third-order valence-corrected chi connectivity index (χ3v) is 1.38. The van der Waals surface area contributed by atoms with Crippen LogP contribution in [-0.4, -0.2) is 13.1 Å². The quantitative estimate of drug-likeness (QED) is 0.378. The Labute approximate surface area is 84.6 Å². The van der Waals surface area contributed by atoms with E-state index in [1.165, 1.54) is 13.2 Å². The average Bonchev–Trinajstić information content (AvgIpc) is 2.22. The zero-order chi connectivity index (χ0) is 10.8. The van der Waals surface area contributed by atoms with Crippen LogP contribution < -0.4 is 0 Å². The lowest BCUT2D eigenvalue weighted by Crippen LogP contribution is -1.92. The number of carbonyl (C=O) groups excluding carboxylic acids is 1. The molecular weight excluding hydrogens is 176 g/mol. The maximum absolute atomic E-state index is 10.7. The minimum atomic E-state index is -0.373. The van der Waals surface area contributed by atoms with Crippen molar-refractivity contribution in [3.63, 3.8) is 0 Å². The van der Waals surface area contributed by atoms with Crippen molar-refractivity contribution >= 4 is 5.97 Å². The van der Waals surface area contributed by atoms with Crippen molar-refractivity contribution in [3.8, 4) is 0 Å². The SMILES string of the molecule is C=C/C=C(C=C)/C=C/C=C/C(=O)OC. The second-order valence-corrected chi connectivity index (χ2v) is 2.35. The van der Waals surface area contributed by atoms with E-state index in [0.717, 1.165) is 5.57 Å². The number of ether oxygens (including phenoxy) is 1. The van der Waals surface area contributed by atoms with Crippen molar-refractivity contribution in [3.05, 3.63) is 61.3 Å². The summed E-state index contributed by atoms with van der Waals surface area (Å²) in [4.78, 5) is 10.7. The third-order valence-electron chi connectivity index (χ3n) is 1.38. The fourth-order valence-electron chi connectivity index (χ4n) is 0.697. The Balaban J connectivity index is 4.23. The molecule has 0 aromatic carbocycles. The van der Waals surface area contributed by atoms with Crippen LogP contribution in [0.5, 0.6) is 0 Å². The molecule has 0 saturated carbocycles. The van der Waals surface area contributed by atoms with Gasteiger partial charge in [-0.1, -0.05) is 49.6 Å².